The molecule has 1 saturated heterocycles. The number of aryl methyl sites for hydroxylation is 1. The molecule has 2 aromatic rings. The highest BCUT2D eigenvalue weighted by atomic mass is 16.5. The lowest BCUT2D eigenvalue weighted by Gasteiger charge is -2.32. The van der Waals surface area contributed by atoms with E-state index in [1.165, 1.54) is 24.7 Å². The van der Waals surface area contributed by atoms with Crippen molar-refractivity contribution in [3.8, 4) is 0 Å². The molecule has 0 spiro atoms. The number of piperidine rings is 1. The van der Waals surface area contributed by atoms with E-state index < -0.39 is 0 Å². The van der Waals surface area contributed by atoms with E-state index in [9.17, 15) is 9.59 Å². The molecule has 2 aliphatic rings. The molecule has 1 saturated carbocycles. The number of ether oxygens (including phenoxy) is 1. The predicted molar refractivity (Wildman–Crippen MR) is 126 cm³/mol. The van der Waals surface area contributed by atoms with Gasteiger partial charge in [-0.1, -0.05) is 42.5 Å². The monoisotopic (exact) mass is 434 g/mol. The van der Waals surface area contributed by atoms with Gasteiger partial charge in [-0.2, -0.15) is 0 Å². The topological polar surface area (TPSA) is 58.6 Å². The van der Waals surface area contributed by atoms with E-state index in [-0.39, 0.29) is 11.9 Å². The lowest BCUT2D eigenvalue weighted by molar-refractivity contribution is -0.131. The molecule has 1 heterocycles. The van der Waals surface area contributed by atoms with Crippen LogP contribution in [-0.2, 0) is 16.0 Å². The molecule has 170 valence electrons. The molecule has 1 N–H and O–H groups in total. The maximum atomic E-state index is 12.6. The summed E-state index contributed by atoms with van der Waals surface area (Å²) < 4.78 is 4.74. The highest BCUT2D eigenvalue weighted by Gasteiger charge is 2.38. The van der Waals surface area contributed by atoms with Crippen LogP contribution < -0.4 is 5.32 Å². The molecule has 1 aliphatic heterocycles. The maximum absolute atomic E-state index is 12.6. The van der Waals surface area contributed by atoms with Crippen molar-refractivity contribution in [2.45, 2.75) is 50.5 Å². The van der Waals surface area contributed by atoms with Crippen LogP contribution in [-0.4, -0.2) is 49.6 Å². The summed E-state index contributed by atoms with van der Waals surface area (Å²) in [7, 11) is 1.40. The average molecular weight is 435 g/mol. The fraction of sp³-hybridized carbons (Fsp3) is 0.481. The molecule has 5 heteroatoms. The number of carbonyl (C=O) groups is 2. The van der Waals surface area contributed by atoms with Gasteiger partial charge in [0.2, 0.25) is 5.91 Å². The summed E-state index contributed by atoms with van der Waals surface area (Å²) in [5, 5.41) is 3.46. The summed E-state index contributed by atoms with van der Waals surface area (Å²) in [6, 6.07) is 18.7. The van der Waals surface area contributed by atoms with Crippen molar-refractivity contribution in [1.82, 2.24) is 10.2 Å². The molecule has 2 aromatic carbocycles. The number of nitrogens with one attached hydrogen (secondary N) is 1. The molecule has 1 aliphatic carbocycles. The highest BCUT2D eigenvalue weighted by molar-refractivity contribution is 5.89. The zero-order valence-corrected chi connectivity index (χ0v) is 19.0. The van der Waals surface area contributed by atoms with Gasteiger partial charge < -0.3 is 15.0 Å². The summed E-state index contributed by atoms with van der Waals surface area (Å²) in [6.45, 7) is 2.22. The smallest absolute Gasteiger partial charge is 0.337 e. The molecule has 0 radical (unpaired) electrons. The Balaban J connectivity index is 1.10. The van der Waals surface area contributed by atoms with Crippen molar-refractivity contribution in [3.05, 3.63) is 71.3 Å². The Morgan fingerprint density at radius 2 is 1.75 bits per heavy atom. The van der Waals surface area contributed by atoms with Gasteiger partial charge in [-0.3, -0.25) is 4.79 Å². The van der Waals surface area contributed by atoms with Gasteiger partial charge in [0.25, 0.3) is 0 Å². The van der Waals surface area contributed by atoms with Crippen molar-refractivity contribution in [2.75, 3.05) is 26.7 Å². The van der Waals surface area contributed by atoms with Gasteiger partial charge in [0.15, 0.2) is 0 Å². The quantitative estimate of drug-likeness (QED) is 0.602. The Kier molecular flexibility index (Phi) is 7.59. The van der Waals surface area contributed by atoms with Gasteiger partial charge in [-0.25, -0.2) is 4.79 Å². The van der Waals surface area contributed by atoms with Crippen molar-refractivity contribution < 1.29 is 14.3 Å². The molecule has 2 unspecified atom stereocenters. The van der Waals surface area contributed by atoms with E-state index in [4.69, 9.17) is 4.74 Å². The average Bonchev–Trinajstić information content (AvgIpc) is 3.63. The summed E-state index contributed by atoms with van der Waals surface area (Å²) >= 11 is 0. The van der Waals surface area contributed by atoms with E-state index in [1.54, 1.807) is 0 Å². The number of benzene rings is 2. The highest BCUT2D eigenvalue weighted by Crippen LogP contribution is 2.40. The first-order valence-electron chi connectivity index (χ1n) is 11.9. The molecule has 2 fully saturated rings. The third kappa shape index (κ3) is 5.98. The van der Waals surface area contributed by atoms with Gasteiger partial charge in [0, 0.05) is 25.0 Å². The molecule has 0 bridgehead atoms. The molecule has 4 rings (SSSR count). The Labute approximate surface area is 191 Å². The molecule has 5 nitrogen and oxygen atoms in total. The Morgan fingerprint density at radius 1 is 1.03 bits per heavy atom. The second-order valence-electron chi connectivity index (χ2n) is 9.15. The fourth-order valence-corrected chi connectivity index (χ4v) is 4.81. The summed E-state index contributed by atoms with van der Waals surface area (Å²) in [4.78, 5) is 26.2. The van der Waals surface area contributed by atoms with Crippen molar-refractivity contribution >= 4 is 11.9 Å². The lowest BCUT2D eigenvalue weighted by atomic mass is 9.90. The number of methoxy groups -OCH3 is 1. The SMILES string of the molecule is COC(=O)c1ccc(CCCC2CCN(C(=O)CNC3CC3c3ccccc3)CC2)cc1. The van der Waals surface area contributed by atoms with Crippen molar-refractivity contribution in [2.24, 2.45) is 5.92 Å². The van der Waals surface area contributed by atoms with Crippen molar-refractivity contribution in [3.63, 3.8) is 0 Å². The fourth-order valence-electron chi connectivity index (χ4n) is 4.81. The van der Waals surface area contributed by atoms with Crippen LogP contribution in [0.15, 0.2) is 54.6 Å². The first kappa shape index (κ1) is 22.5. The molecule has 1 amide bonds. The van der Waals surface area contributed by atoms with E-state index in [0.29, 0.717) is 30.0 Å². The van der Waals surface area contributed by atoms with E-state index in [1.807, 2.05) is 35.2 Å². The number of hydrogen-bond donors (Lipinski definition) is 1. The minimum atomic E-state index is -0.291. The largest absolute Gasteiger partial charge is 0.465 e. The number of amides is 1. The van der Waals surface area contributed by atoms with Gasteiger partial charge >= 0.3 is 5.97 Å². The van der Waals surface area contributed by atoms with Crippen LogP contribution in [0.25, 0.3) is 0 Å². The number of carbonyl (C=O) groups excluding carboxylic acids is 2. The van der Waals surface area contributed by atoms with Gasteiger partial charge in [0.1, 0.15) is 0 Å². The van der Waals surface area contributed by atoms with Crippen LogP contribution >= 0.6 is 0 Å². The standard InChI is InChI=1S/C27H34N2O3/c1-32-27(31)23-12-10-20(11-13-23)6-5-7-21-14-16-29(17-15-21)26(30)19-28-25-18-24(25)22-8-3-2-4-9-22/h2-4,8-13,21,24-25,28H,5-7,14-19H2,1H3. The first-order chi connectivity index (χ1) is 15.6. The molecule has 32 heavy (non-hydrogen) atoms. The van der Waals surface area contributed by atoms with Gasteiger partial charge in [-0.05, 0) is 67.7 Å². The molecule has 2 atom stereocenters. The lowest BCUT2D eigenvalue weighted by Crippen LogP contribution is -2.43. The second kappa shape index (κ2) is 10.8. The zero-order chi connectivity index (χ0) is 22.3. The summed E-state index contributed by atoms with van der Waals surface area (Å²) in [5.41, 5.74) is 3.22. The number of nitrogens with zero attached hydrogens (tertiary/aromatic N) is 1. The van der Waals surface area contributed by atoms with Crippen LogP contribution in [0.1, 0.15) is 59.5 Å². The molecular formula is C27H34N2O3. The minimum absolute atomic E-state index is 0.243. The van der Waals surface area contributed by atoms with E-state index >= 15 is 0 Å². The normalized spacial score (nSPS) is 20.7. The number of rotatable bonds is 9. The third-order valence-corrected chi connectivity index (χ3v) is 6.95. The number of hydrogen-bond acceptors (Lipinski definition) is 4. The van der Waals surface area contributed by atoms with E-state index in [2.05, 4.69) is 29.6 Å². The molecule has 0 aromatic heterocycles. The van der Waals surface area contributed by atoms with Gasteiger partial charge in [0.05, 0.1) is 19.2 Å². The van der Waals surface area contributed by atoms with Crippen LogP contribution in [0.2, 0.25) is 0 Å². The third-order valence-electron chi connectivity index (χ3n) is 6.95. The van der Waals surface area contributed by atoms with Crippen molar-refractivity contribution in [1.29, 1.82) is 0 Å². The van der Waals surface area contributed by atoms with Crippen LogP contribution in [0, 0.1) is 5.92 Å². The second-order valence-corrected chi connectivity index (χ2v) is 9.15. The molecular weight excluding hydrogens is 400 g/mol. The Hall–Kier alpha value is -2.66. The summed E-state index contributed by atoms with van der Waals surface area (Å²) in [6.07, 6.45) is 6.69. The number of esters is 1. The predicted octanol–water partition coefficient (Wildman–Crippen LogP) is 4.18. The maximum Gasteiger partial charge on any atom is 0.337 e. The van der Waals surface area contributed by atoms with Gasteiger partial charge in [-0.15, -0.1) is 0 Å². The van der Waals surface area contributed by atoms with Crippen LogP contribution in [0.3, 0.4) is 0 Å². The first-order valence-corrected chi connectivity index (χ1v) is 11.9. The Bertz CT molecular complexity index is 889. The number of likely N-dealkylation sites (tertiary alicyclic amines) is 1. The Morgan fingerprint density at radius 3 is 2.44 bits per heavy atom. The summed E-state index contributed by atoms with van der Waals surface area (Å²) in [5.74, 6) is 1.22. The zero-order valence-electron chi connectivity index (χ0n) is 19.0. The van der Waals surface area contributed by atoms with E-state index in [0.717, 1.165) is 45.2 Å². The van der Waals surface area contributed by atoms with Crippen LogP contribution in [0.5, 0.6) is 0 Å². The minimum Gasteiger partial charge on any atom is -0.465 e. The van der Waals surface area contributed by atoms with Crippen LogP contribution in [0.4, 0.5) is 0 Å².